The number of rotatable bonds is 4. The van der Waals surface area contributed by atoms with Crippen molar-refractivity contribution in [2.75, 3.05) is 6.61 Å². The molecule has 0 spiro atoms. The standard InChI is InChI=1S/C17H19N7O/c18-16(19)23-17(20)21-12-6-7-14-13(10-12)22-15(24(14)8-9-25)11-4-2-1-3-5-11/h1-7,10,25H,8-9H2,(H6,18,19,20,21,23). The second kappa shape index (κ2) is 7.02. The zero-order valence-corrected chi connectivity index (χ0v) is 13.5. The van der Waals surface area contributed by atoms with Crippen molar-refractivity contribution in [3.63, 3.8) is 0 Å². The molecule has 0 saturated heterocycles. The van der Waals surface area contributed by atoms with Crippen LogP contribution in [0.4, 0.5) is 5.69 Å². The van der Waals surface area contributed by atoms with Crippen molar-refractivity contribution in [1.29, 1.82) is 0 Å². The molecule has 0 aliphatic carbocycles. The fourth-order valence-corrected chi connectivity index (χ4v) is 2.61. The maximum Gasteiger partial charge on any atom is 0.223 e. The Kier molecular flexibility index (Phi) is 4.62. The molecule has 0 aliphatic rings. The molecule has 0 fully saturated rings. The van der Waals surface area contributed by atoms with E-state index in [1.165, 1.54) is 0 Å². The summed E-state index contributed by atoms with van der Waals surface area (Å²) in [5.41, 5.74) is 19.4. The summed E-state index contributed by atoms with van der Waals surface area (Å²) in [5, 5.41) is 9.40. The minimum absolute atomic E-state index is 0.0165. The van der Waals surface area contributed by atoms with Crippen LogP contribution in [0.5, 0.6) is 0 Å². The number of aliphatic hydroxyl groups excluding tert-OH is 1. The summed E-state index contributed by atoms with van der Waals surface area (Å²) in [6, 6.07) is 15.3. The van der Waals surface area contributed by atoms with Gasteiger partial charge in [-0.1, -0.05) is 30.3 Å². The molecule has 0 saturated carbocycles. The van der Waals surface area contributed by atoms with Gasteiger partial charge in [-0.25, -0.2) is 9.98 Å². The van der Waals surface area contributed by atoms with Gasteiger partial charge in [0.25, 0.3) is 0 Å². The first-order chi connectivity index (χ1) is 12.1. The van der Waals surface area contributed by atoms with Crippen LogP contribution in [0.3, 0.4) is 0 Å². The molecule has 3 rings (SSSR count). The van der Waals surface area contributed by atoms with Gasteiger partial charge in [0, 0.05) is 12.1 Å². The Bertz CT molecular complexity index is 940. The summed E-state index contributed by atoms with van der Waals surface area (Å²) in [5.74, 6) is 0.598. The van der Waals surface area contributed by atoms with Crippen LogP contribution in [-0.2, 0) is 6.54 Å². The molecular weight excluding hydrogens is 318 g/mol. The summed E-state index contributed by atoms with van der Waals surface area (Å²) in [7, 11) is 0. The van der Waals surface area contributed by atoms with Gasteiger partial charge in [0.1, 0.15) is 5.82 Å². The van der Waals surface area contributed by atoms with Crippen molar-refractivity contribution < 1.29 is 5.11 Å². The highest BCUT2D eigenvalue weighted by molar-refractivity contribution is 5.94. The van der Waals surface area contributed by atoms with Gasteiger partial charge in [-0.15, -0.1) is 0 Å². The monoisotopic (exact) mass is 337 g/mol. The van der Waals surface area contributed by atoms with Crippen LogP contribution in [0.25, 0.3) is 22.4 Å². The fourth-order valence-electron chi connectivity index (χ4n) is 2.61. The summed E-state index contributed by atoms with van der Waals surface area (Å²) in [6.45, 7) is 0.460. The smallest absolute Gasteiger partial charge is 0.223 e. The first-order valence-electron chi connectivity index (χ1n) is 7.69. The highest BCUT2D eigenvalue weighted by Gasteiger charge is 2.12. The number of hydrogen-bond donors (Lipinski definition) is 4. The zero-order chi connectivity index (χ0) is 17.8. The summed E-state index contributed by atoms with van der Waals surface area (Å²) in [4.78, 5) is 12.5. The number of fused-ring (bicyclic) bond motifs is 1. The van der Waals surface area contributed by atoms with Gasteiger partial charge in [-0.2, -0.15) is 4.99 Å². The first kappa shape index (κ1) is 16.5. The van der Waals surface area contributed by atoms with Crippen LogP contribution in [0.1, 0.15) is 0 Å². The first-order valence-corrected chi connectivity index (χ1v) is 7.69. The third kappa shape index (κ3) is 3.59. The third-order valence-electron chi connectivity index (χ3n) is 3.57. The Morgan fingerprint density at radius 3 is 2.52 bits per heavy atom. The molecule has 0 atom stereocenters. The number of hydrogen-bond acceptors (Lipinski definition) is 3. The molecule has 0 aliphatic heterocycles. The number of guanidine groups is 2. The lowest BCUT2D eigenvalue weighted by Gasteiger charge is -2.07. The Morgan fingerprint density at radius 1 is 1.08 bits per heavy atom. The molecular formula is C17H19N7O. The van der Waals surface area contributed by atoms with E-state index in [-0.39, 0.29) is 18.5 Å². The number of nitrogens with two attached hydrogens (primary N) is 3. The van der Waals surface area contributed by atoms with Crippen LogP contribution in [0.15, 0.2) is 58.5 Å². The van der Waals surface area contributed by atoms with Crippen LogP contribution in [-0.4, -0.2) is 33.2 Å². The van der Waals surface area contributed by atoms with Crippen molar-refractivity contribution in [1.82, 2.24) is 9.55 Å². The van der Waals surface area contributed by atoms with Crippen LogP contribution >= 0.6 is 0 Å². The second-order valence-corrected chi connectivity index (χ2v) is 5.36. The minimum atomic E-state index is -0.152. The molecule has 25 heavy (non-hydrogen) atoms. The molecule has 2 aromatic carbocycles. The lowest BCUT2D eigenvalue weighted by molar-refractivity contribution is 0.278. The van der Waals surface area contributed by atoms with E-state index in [4.69, 9.17) is 17.2 Å². The van der Waals surface area contributed by atoms with Gasteiger partial charge >= 0.3 is 0 Å². The Hall–Kier alpha value is -3.39. The maximum atomic E-state index is 9.40. The van der Waals surface area contributed by atoms with Crippen molar-refractivity contribution in [2.45, 2.75) is 6.54 Å². The molecule has 0 unspecified atom stereocenters. The predicted molar refractivity (Wildman–Crippen MR) is 99.3 cm³/mol. The molecule has 3 aromatic rings. The number of benzene rings is 2. The van der Waals surface area contributed by atoms with Gasteiger partial charge in [-0.3, -0.25) is 0 Å². The fraction of sp³-hybridized carbons (Fsp3) is 0.118. The Balaban J connectivity index is 2.10. The van der Waals surface area contributed by atoms with Crippen molar-refractivity contribution >= 4 is 28.6 Å². The molecule has 7 N–H and O–H groups in total. The van der Waals surface area contributed by atoms with Crippen molar-refractivity contribution in [3.05, 3.63) is 48.5 Å². The SMILES string of the molecule is NC(N)=NC(N)=Nc1ccc2c(c1)nc(-c1ccccc1)n2CCO. The van der Waals surface area contributed by atoms with Crippen LogP contribution in [0.2, 0.25) is 0 Å². The molecule has 1 aromatic heterocycles. The van der Waals surface area contributed by atoms with E-state index >= 15 is 0 Å². The molecule has 8 nitrogen and oxygen atoms in total. The third-order valence-corrected chi connectivity index (χ3v) is 3.57. The van der Waals surface area contributed by atoms with Crippen molar-refractivity contribution in [2.24, 2.45) is 27.2 Å². The molecule has 0 bridgehead atoms. The van der Waals surface area contributed by atoms with Gasteiger partial charge in [0.15, 0.2) is 5.96 Å². The lowest BCUT2D eigenvalue weighted by atomic mass is 10.2. The maximum absolute atomic E-state index is 9.40. The van der Waals surface area contributed by atoms with Gasteiger partial charge in [-0.05, 0) is 18.2 Å². The highest BCUT2D eigenvalue weighted by Crippen LogP contribution is 2.27. The van der Waals surface area contributed by atoms with E-state index in [2.05, 4.69) is 15.0 Å². The average molecular weight is 337 g/mol. The quantitative estimate of drug-likeness (QED) is 0.414. The van der Waals surface area contributed by atoms with Gasteiger partial charge in [0.2, 0.25) is 5.96 Å². The average Bonchev–Trinajstić information content (AvgIpc) is 2.93. The second-order valence-electron chi connectivity index (χ2n) is 5.36. The Morgan fingerprint density at radius 2 is 1.84 bits per heavy atom. The molecule has 0 radical (unpaired) electrons. The number of aliphatic hydroxyl groups is 1. The van der Waals surface area contributed by atoms with Crippen LogP contribution < -0.4 is 17.2 Å². The summed E-state index contributed by atoms with van der Waals surface area (Å²) in [6.07, 6.45) is 0. The molecule has 128 valence electrons. The largest absolute Gasteiger partial charge is 0.395 e. The van der Waals surface area contributed by atoms with E-state index in [0.29, 0.717) is 12.2 Å². The molecule has 8 heteroatoms. The van der Waals surface area contributed by atoms with E-state index in [0.717, 1.165) is 22.4 Å². The number of nitrogens with zero attached hydrogens (tertiary/aromatic N) is 4. The van der Waals surface area contributed by atoms with Gasteiger partial charge < -0.3 is 26.9 Å². The van der Waals surface area contributed by atoms with E-state index in [9.17, 15) is 5.11 Å². The van der Waals surface area contributed by atoms with Gasteiger partial charge in [0.05, 0.1) is 23.3 Å². The zero-order valence-electron chi connectivity index (χ0n) is 13.5. The summed E-state index contributed by atoms with van der Waals surface area (Å²) < 4.78 is 1.97. The summed E-state index contributed by atoms with van der Waals surface area (Å²) >= 11 is 0. The highest BCUT2D eigenvalue weighted by atomic mass is 16.3. The normalized spacial score (nSPS) is 11.6. The predicted octanol–water partition coefficient (Wildman–Crippen LogP) is 0.915. The number of aromatic nitrogens is 2. The molecule has 0 amide bonds. The topological polar surface area (TPSA) is 141 Å². The Labute approximate surface area is 144 Å². The number of aliphatic imine (C=N–C) groups is 2. The van der Waals surface area contributed by atoms with E-state index in [1.54, 1.807) is 12.1 Å². The number of imidazole rings is 1. The lowest BCUT2D eigenvalue weighted by Crippen LogP contribution is -2.26. The minimum Gasteiger partial charge on any atom is -0.395 e. The van der Waals surface area contributed by atoms with E-state index < -0.39 is 0 Å². The van der Waals surface area contributed by atoms with E-state index in [1.807, 2.05) is 41.0 Å². The van der Waals surface area contributed by atoms with Crippen LogP contribution in [0, 0.1) is 0 Å². The molecule has 1 heterocycles. The van der Waals surface area contributed by atoms with Crippen molar-refractivity contribution in [3.8, 4) is 11.4 Å².